The van der Waals surface area contributed by atoms with Crippen LogP contribution in [0.2, 0.25) is 0 Å². The molecule has 1 atom stereocenters. The Bertz CT molecular complexity index is 1740. The number of para-hydroxylation sites is 1. The monoisotopic (exact) mass is 543 g/mol. The summed E-state index contributed by atoms with van der Waals surface area (Å²) >= 11 is 0. The number of fused-ring (bicyclic) bond motifs is 1. The number of likely N-dealkylation sites (N-methyl/N-ethyl adjacent to an activating group) is 1. The highest BCUT2D eigenvalue weighted by molar-refractivity contribution is 5.98. The van der Waals surface area contributed by atoms with E-state index in [9.17, 15) is 4.79 Å². The van der Waals surface area contributed by atoms with Crippen molar-refractivity contribution in [3.8, 4) is 22.7 Å². The highest BCUT2D eigenvalue weighted by atomic mass is 16.5. The van der Waals surface area contributed by atoms with Gasteiger partial charge in [-0.15, -0.1) is 0 Å². The van der Waals surface area contributed by atoms with E-state index in [2.05, 4.69) is 40.4 Å². The Morgan fingerprint density at radius 1 is 1.05 bits per heavy atom. The van der Waals surface area contributed by atoms with Gasteiger partial charge < -0.3 is 10.1 Å². The van der Waals surface area contributed by atoms with E-state index in [-0.39, 0.29) is 5.91 Å². The summed E-state index contributed by atoms with van der Waals surface area (Å²) in [5.41, 5.74) is 5.95. The molecule has 41 heavy (non-hydrogen) atoms. The van der Waals surface area contributed by atoms with Crippen LogP contribution in [0.1, 0.15) is 40.7 Å². The molecule has 1 aliphatic heterocycles. The van der Waals surface area contributed by atoms with Crippen molar-refractivity contribution in [1.29, 1.82) is 0 Å². The SMILES string of the molecule is Cc1ccc(OC[C@@H]2CCN2C)cc1C(=O)NC1(c2cc(-c3ccn(-c4ccccc4)n3)cc3ncccc23)CC1. The van der Waals surface area contributed by atoms with Crippen LogP contribution in [0.3, 0.4) is 0 Å². The van der Waals surface area contributed by atoms with Crippen molar-refractivity contribution in [2.45, 2.75) is 37.8 Å². The van der Waals surface area contributed by atoms with Crippen molar-refractivity contribution in [3.63, 3.8) is 0 Å². The summed E-state index contributed by atoms with van der Waals surface area (Å²) in [7, 11) is 2.11. The first-order valence-corrected chi connectivity index (χ1v) is 14.3. The number of benzene rings is 3. The Morgan fingerprint density at radius 2 is 1.90 bits per heavy atom. The summed E-state index contributed by atoms with van der Waals surface area (Å²) in [6.45, 7) is 3.72. The highest BCUT2D eigenvalue weighted by Gasteiger charge is 2.47. The van der Waals surface area contributed by atoms with Crippen LogP contribution in [0, 0.1) is 6.92 Å². The molecule has 3 heterocycles. The van der Waals surface area contributed by atoms with Gasteiger partial charge in [-0.05, 0) is 99.4 Å². The molecule has 1 saturated carbocycles. The van der Waals surface area contributed by atoms with Crippen molar-refractivity contribution in [2.75, 3.05) is 20.2 Å². The molecule has 7 heteroatoms. The number of nitrogens with one attached hydrogen (secondary N) is 1. The molecule has 7 nitrogen and oxygen atoms in total. The molecular formula is C34H33N5O2. The fourth-order valence-electron chi connectivity index (χ4n) is 5.71. The molecule has 1 amide bonds. The van der Waals surface area contributed by atoms with E-state index >= 15 is 0 Å². The zero-order valence-electron chi connectivity index (χ0n) is 23.4. The maximum atomic E-state index is 13.7. The predicted octanol–water partition coefficient (Wildman–Crippen LogP) is 5.90. The van der Waals surface area contributed by atoms with E-state index in [1.807, 2.05) is 84.7 Å². The number of carbonyl (C=O) groups is 1. The average Bonchev–Trinajstić information content (AvgIpc) is 3.60. The molecule has 2 fully saturated rings. The number of hydrogen-bond acceptors (Lipinski definition) is 5. The number of pyridine rings is 1. The van der Waals surface area contributed by atoms with E-state index in [1.165, 1.54) is 0 Å². The van der Waals surface area contributed by atoms with Gasteiger partial charge in [-0.25, -0.2) is 4.68 Å². The minimum atomic E-state index is -0.450. The second-order valence-corrected chi connectivity index (χ2v) is 11.3. The molecular weight excluding hydrogens is 510 g/mol. The number of aryl methyl sites for hydroxylation is 1. The summed E-state index contributed by atoms with van der Waals surface area (Å²) in [5, 5.41) is 9.32. The Balaban J connectivity index is 1.19. The zero-order valence-corrected chi connectivity index (χ0v) is 23.4. The lowest BCUT2D eigenvalue weighted by molar-refractivity contribution is 0.0767. The molecule has 0 bridgehead atoms. The molecule has 5 aromatic rings. The van der Waals surface area contributed by atoms with Crippen molar-refractivity contribution in [3.05, 3.63) is 108 Å². The van der Waals surface area contributed by atoms with Crippen LogP contribution in [0.5, 0.6) is 5.75 Å². The standard InChI is InChI=1S/C34H33N5O2/c1-23-10-11-27(41-22-26-12-17-38(26)2)21-29(23)33(40)36-34(14-15-34)30-19-24(20-32-28(30)9-6-16-35-32)31-13-18-39(37-31)25-7-4-3-5-8-25/h3-11,13,16,18-21,26H,12,14-15,17,22H2,1-2H3,(H,36,40)/t26-/m0/s1. The van der Waals surface area contributed by atoms with Gasteiger partial charge in [0.2, 0.25) is 0 Å². The lowest BCUT2D eigenvalue weighted by atomic mass is 9.95. The maximum Gasteiger partial charge on any atom is 0.252 e. The van der Waals surface area contributed by atoms with Crippen LogP contribution >= 0.6 is 0 Å². The number of rotatable bonds is 8. The van der Waals surface area contributed by atoms with Crippen LogP contribution in [0.25, 0.3) is 27.8 Å². The molecule has 1 aliphatic carbocycles. The highest BCUT2D eigenvalue weighted by Crippen LogP contribution is 2.49. The van der Waals surface area contributed by atoms with E-state index in [4.69, 9.17) is 9.84 Å². The van der Waals surface area contributed by atoms with Crippen LogP contribution in [-0.4, -0.2) is 51.8 Å². The van der Waals surface area contributed by atoms with E-state index in [0.29, 0.717) is 18.2 Å². The van der Waals surface area contributed by atoms with Gasteiger partial charge in [0, 0.05) is 34.9 Å². The predicted molar refractivity (Wildman–Crippen MR) is 160 cm³/mol. The summed E-state index contributed by atoms with van der Waals surface area (Å²) < 4.78 is 7.96. The molecule has 0 spiro atoms. The number of nitrogens with zero attached hydrogens (tertiary/aromatic N) is 4. The first-order chi connectivity index (χ1) is 20.0. The van der Waals surface area contributed by atoms with E-state index in [0.717, 1.165) is 70.5 Å². The molecule has 1 N–H and O–H groups in total. The van der Waals surface area contributed by atoms with Gasteiger partial charge in [0.05, 0.1) is 22.4 Å². The quantitative estimate of drug-likeness (QED) is 0.264. The van der Waals surface area contributed by atoms with Gasteiger partial charge in [-0.1, -0.05) is 30.3 Å². The molecule has 0 unspecified atom stereocenters. The van der Waals surface area contributed by atoms with Crippen molar-refractivity contribution in [1.82, 2.24) is 25.0 Å². The first kappa shape index (κ1) is 25.5. The summed E-state index contributed by atoms with van der Waals surface area (Å²) in [6.07, 6.45) is 6.67. The third kappa shape index (κ3) is 4.87. The molecule has 206 valence electrons. The molecule has 3 aromatic carbocycles. The van der Waals surface area contributed by atoms with Gasteiger partial charge in [0.1, 0.15) is 12.4 Å². The smallest absolute Gasteiger partial charge is 0.252 e. The lowest BCUT2D eigenvalue weighted by Crippen LogP contribution is -2.48. The molecule has 1 saturated heterocycles. The maximum absolute atomic E-state index is 13.7. The first-order valence-electron chi connectivity index (χ1n) is 14.3. The number of aromatic nitrogens is 3. The van der Waals surface area contributed by atoms with Gasteiger partial charge in [-0.2, -0.15) is 5.10 Å². The number of hydrogen-bond donors (Lipinski definition) is 1. The third-order valence-corrected chi connectivity index (χ3v) is 8.58. The van der Waals surface area contributed by atoms with Crippen LogP contribution in [-0.2, 0) is 5.54 Å². The summed E-state index contributed by atoms with van der Waals surface area (Å²) in [5.74, 6) is 0.651. The molecule has 2 aromatic heterocycles. The number of amides is 1. The molecule has 2 aliphatic rings. The van der Waals surface area contributed by atoms with Crippen molar-refractivity contribution < 1.29 is 9.53 Å². The number of likely N-dealkylation sites (tertiary alicyclic amines) is 1. The van der Waals surface area contributed by atoms with Gasteiger partial charge >= 0.3 is 0 Å². The Labute approximate surface area is 239 Å². The summed E-state index contributed by atoms with van der Waals surface area (Å²) in [4.78, 5) is 20.7. The van der Waals surface area contributed by atoms with Crippen LogP contribution < -0.4 is 10.1 Å². The normalized spacial score (nSPS) is 17.7. The number of carbonyl (C=O) groups excluding carboxylic acids is 1. The number of ether oxygens (including phenoxy) is 1. The topological polar surface area (TPSA) is 72.3 Å². The molecule has 0 radical (unpaired) electrons. The van der Waals surface area contributed by atoms with Crippen LogP contribution in [0.15, 0.2) is 91.3 Å². The lowest BCUT2D eigenvalue weighted by Gasteiger charge is -2.37. The Kier molecular flexibility index (Phi) is 6.31. The Morgan fingerprint density at radius 3 is 2.66 bits per heavy atom. The fourth-order valence-corrected chi connectivity index (χ4v) is 5.71. The largest absolute Gasteiger partial charge is 0.492 e. The Hall–Kier alpha value is -4.49. The second kappa shape index (κ2) is 10.2. The average molecular weight is 544 g/mol. The third-order valence-electron chi connectivity index (χ3n) is 8.58. The fraction of sp³-hybridized carbons (Fsp3) is 0.265. The minimum Gasteiger partial charge on any atom is -0.492 e. The zero-order chi connectivity index (χ0) is 28.0. The minimum absolute atomic E-state index is 0.0815. The summed E-state index contributed by atoms with van der Waals surface area (Å²) in [6, 6.07) is 26.6. The van der Waals surface area contributed by atoms with Crippen molar-refractivity contribution in [2.24, 2.45) is 0 Å². The van der Waals surface area contributed by atoms with Gasteiger partial charge in [-0.3, -0.25) is 14.7 Å². The van der Waals surface area contributed by atoms with E-state index in [1.54, 1.807) is 0 Å². The van der Waals surface area contributed by atoms with Gasteiger partial charge in [0.15, 0.2) is 0 Å². The van der Waals surface area contributed by atoms with E-state index < -0.39 is 5.54 Å². The van der Waals surface area contributed by atoms with Crippen molar-refractivity contribution >= 4 is 16.8 Å². The molecule has 7 rings (SSSR count). The van der Waals surface area contributed by atoms with Gasteiger partial charge in [0.25, 0.3) is 5.91 Å². The second-order valence-electron chi connectivity index (χ2n) is 11.3. The van der Waals surface area contributed by atoms with Crippen LogP contribution in [0.4, 0.5) is 0 Å².